The number of ether oxygens (including phenoxy) is 1. The van der Waals surface area contributed by atoms with Crippen LogP contribution in [-0.4, -0.2) is 61.6 Å². The monoisotopic (exact) mass is 437 g/mol. The Hall–Kier alpha value is -2.53. The van der Waals surface area contributed by atoms with Crippen LogP contribution in [0.5, 0.6) is 5.75 Å². The lowest BCUT2D eigenvalue weighted by atomic mass is 10.0. The molecule has 0 unspecified atom stereocenters. The van der Waals surface area contributed by atoms with Crippen molar-refractivity contribution in [2.24, 2.45) is 0 Å². The van der Waals surface area contributed by atoms with Gasteiger partial charge in [0.2, 0.25) is 0 Å². The summed E-state index contributed by atoms with van der Waals surface area (Å²) in [6, 6.07) is 16.9. The zero-order chi connectivity index (χ0) is 22.9. The van der Waals surface area contributed by atoms with Gasteiger partial charge in [-0.15, -0.1) is 0 Å². The summed E-state index contributed by atoms with van der Waals surface area (Å²) in [7, 11) is 1.74. The summed E-state index contributed by atoms with van der Waals surface area (Å²) in [5.41, 5.74) is 3.11. The van der Waals surface area contributed by atoms with E-state index < -0.39 is 0 Å². The molecular formula is C27H39N3O2. The Morgan fingerprint density at radius 1 is 1.00 bits per heavy atom. The van der Waals surface area contributed by atoms with Crippen LogP contribution in [0, 0.1) is 0 Å². The van der Waals surface area contributed by atoms with Gasteiger partial charge in [0.15, 0.2) is 0 Å². The zero-order valence-electron chi connectivity index (χ0n) is 20.2. The van der Waals surface area contributed by atoms with E-state index in [0.717, 1.165) is 56.9 Å². The maximum absolute atomic E-state index is 12.8. The maximum atomic E-state index is 12.8. The smallest absolute Gasteiger partial charge is 0.253 e. The molecule has 1 aliphatic rings. The van der Waals surface area contributed by atoms with E-state index in [4.69, 9.17) is 4.74 Å². The third-order valence-electron chi connectivity index (χ3n) is 6.57. The molecule has 1 amide bonds. The molecule has 1 fully saturated rings. The van der Waals surface area contributed by atoms with Crippen LogP contribution in [0.2, 0.25) is 0 Å². The molecule has 0 aliphatic carbocycles. The molecule has 3 rings (SSSR count). The number of hydrogen-bond acceptors (Lipinski definition) is 4. The summed E-state index contributed by atoms with van der Waals surface area (Å²) in [4.78, 5) is 19.7. The molecule has 0 bridgehead atoms. The van der Waals surface area contributed by atoms with Crippen molar-refractivity contribution in [3.05, 3.63) is 59.7 Å². The third-order valence-corrected chi connectivity index (χ3v) is 6.57. The molecule has 2 aromatic carbocycles. The summed E-state index contributed by atoms with van der Waals surface area (Å²) in [5.74, 6) is 1.03. The molecular weight excluding hydrogens is 398 g/mol. The highest BCUT2D eigenvalue weighted by Gasteiger charge is 2.26. The quantitative estimate of drug-likeness (QED) is 0.521. The molecule has 5 nitrogen and oxygen atoms in total. The van der Waals surface area contributed by atoms with E-state index in [2.05, 4.69) is 41.0 Å². The molecule has 0 radical (unpaired) electrons. The van der Waals surface area contributed by atoms with E-state index in [1.54, 1.807) is 7.11 Å². The molecule has 0 aromatic heterocycles. The Balaban J connectivity index is 1.84. The molecule has 1 heterocycles. The first-order valence-corrected chi connectivity index (χ1v) is 12.1. The minimum absolute atomic E-state index is 0.103. The Bertz CT molecular complexity index is 840. The van der Waals surface area contributed by atoms with Crippen LogP contribution >= 0.6 is 0 Å². The van der Waals surface area contributed by atoms with Crippen LogP contribution in [0.3, 0.4) is 0 Å². The molecule has 174 valence electrons. The number of piperidine rings is 1. The van der Waals surface area contributed by atoms with Gasteiger partial charge >= 0.3 is 0 Å². The van der Waals surface area contributed by atoms with Crippen LogP contribution in [-0.2, 0) is 6.54 Å². The minimum atomic E-state index is 0.103. The number of amides is 1. The molecule has 1 aliphatic heterocycles. The van der Waals surface area contributed by atoms with Crippen LogP contribution in [0.4, 0.5) is 5.69 Å². The highest BCUT2D eigenvalue weighted by atomic mass is 16.5. The van der Waals surface area contributed by atoms with E-state index in [9.17, 15) is 4.79 Å². The fourth-order valence-electron chi connectivity index (χ4n) is 4.71. The Morgan fingerprint density at radius 3 is 2.25 bits per heavy atom. The number of nitrogens with zero attached hydrogens (tertiary/aromatic N) is 3. The van der Waals surface area contributed by atoms with Gasteiger partial charge in [-0.1, -0.05) is 25.1 Å². The van der Waals surface area contributed by atoms with Crippen molar-refractivity contribution in [1.29, 1.82) is 0 Å². The van der Waals surface area contributed by atoms with Gasteiger partial charge in [-0.05, 0) is 70.0 Å². The van der Waals surface area contributed by atoms with Crippen molar-refractivity contribution in [3.63, 3.8) is 0 Å². The highest BCUT2D eigenvalue weighted by Crippen LogP contribution is 2.29. The number of benzene rings is 2. The average Bonchev–Trinajstić information content (AvgIpc) is 2.84. The average molecular weight is 438 g/mol. The van der Waals surface area contributed by atoms with Crippen molar-refractivity contribution in [3.8, 4) is 5.75 Å². The number of hydrogen-bond donors (Lipinski definition) is 0. The minimum Gasteiger partial charge on any atom is -0.496 e. The van der Waals surface area contributed by atoms with Crippen LogP contribution in [0.15, 0.2) is 48.5 Å². The first-order valence-electron chi connectivity index (χ1n) is 12.1. The number of rotatable bonds is 10. The molecule has 0 N–H and O–H groups in total. The van der Waals surface area contributed by atoms with E-state index in [1.165, 1.54) is 24.2 Å². The first-order chi connectivity index (χ1) is 15.6. The van der Waals surface area contributed by atoms with Crippen molar-refractivity contribution in [1.82, 2.24) is 9.80 Å². The highest BCUT2D eigenvalue weighted by molar-refractivity contribution is 5.94. The van der Waals surface area contributed by atoms with Crippen molar-refractivity contribution in [2.75, 3.05) is 44.7 Å². The normalized spacial score (nSPS) is 14.9. The zero-order valence-corrected chi connectivity index (χ0v) is 20.2. The summed E-state index contributed by atoms with van der Waals surface area (Å²) in [6.07, 6.45) is 3.50. The topological polar surface area (TPSA) is 36.0 Å². The summed E-state index contributed by atoms with van der Waals surface area (Å²) in [6.45, 7) is 12.0. The van der Waals surface area contributed by atoms with E-state index in [1.807, 2.05) is 43.0 Å². The fourth-order valence-corrected chi connectivity index (χ4v) is 4.71. The molecule has 0 spiro atoms. The first kappa shape index (κ1) is 24.1. The second-order valence-electron chi connectivity index (χ2n) is 8.54. The number of para-hydroxylation sites is 1. The molecule has 0 atom stereocenters. The number of likely N-dealkylation sites (tertiary alicyclic amines) is 1. The van der Waals surface area contributed by atoms with Gasteiger partial charge in [0.1, 0.15) is 5.75 Å². The van der Waals surface area contributed by atoms with Crippen molar-refractivity contribution in [2.45, 2.75) is 52.6 Å². The maximum Gasteiger partial charge on any atom is 0.253 e. The summed E-state index contributed by atoms with van der Waals surface area (Å²) >= 11 is 0. The molecule has 5 heteroatoms. The SMILES string of the molecule is CCCN1CCC(N(Cc2ccccc2OC)c2ccc(C(=O)N(CC)CC)cc2)CC1. The van der Waals surface area contributed by atoms with Crippen molar-refractivity contribution >= 4 is 11.6 Å². The Labute approximate surface area is 194 Å². The lowest BCUT2D eigenvalue weighted by Gasteiger charge is -2.40. The second-order valence-corrected chi connectivity index (χ2v) is 8.54. The molecule has 1 saturated heterocycles. The summed E-state index contributed by atoms with van der Waals surface area (Å²) < 4.78 is 5.63. The Kier molecular flexibility index (Phi) is 8.98. The Morgan fingerprint density at radius 2 is 1.66 bits per heavy atom. The van der Waals surface area contributed by atoms with Gasteiger partial charge in [0, 0.05) is 55.6 Å². The van der Waals surface area contributed by atoms with Crippen LogP contribution < -0.4 is 9.64 Å². The standard InChI is InChI=1S/C27H39N3O2/c1-5-18-28-19-16-25(17-20-28)30(21-23-10-8-9-11-26(23)32-4)24-14-12-22(13-15-24)27(31)29(6-2)7-3/h8-15,25H,5-7,16-21H2,1-4H3. The van der Waals surface area contributed by atoms with E-state index >= 15 is 0 Å². The van der Waals surface area contributed by atoms with E-state index in [-0.39, 0.29) is 5.91 Å². The van der Waals surface area contributed by atoms with Crippen molar-refractivity contribution < 1.29 is 9.53 Å². The molecule has 2 aromatic rings. The fraction of sp³-hybridized carbons (Fsp3) is 0.519. The predicted octanol–water partition coefficient (Wildman–Crippen LogP) is 5.06. The molecule has 32 heavy (non-hydrogen) atoms. The van der Waals surface area contributed by atoms with Crippen LogP contribution in [0.25, 0.3) is 0 Å². The predicted molar refractivity (Wildman–Crippen MR) is 133 cm³/mol. The second kappa shape index (κ2) is 11.9. The largest absolute Gasteiger partial charge is 0.496 e. The third kappa shape index (κ3) is 5.83. The number of carbonyl (C=O) groups is 1. The van der Waals surface area contributed by atoms with Gasteiger partial charge in [0.05, 0.1) is 7.11 Å². The number of carbonyl (C=O) groups excluding carboxylic acids is 1. The molecule has 0 saturated carbocycles. The van der Waals surface area contributed by atoms with Gasteiger partial charge in [-0.25, -0.2) is 0 Å². The van der Waals surface area contributed by atoms with Crippen LogP contribution in [0.1, 0.15) is 56.0 Å². The van der Waals surface area contributed by atoms with Gasteiger partial charge in [-0.3, -0.25) is 4.79 Å². The van der Waals surface area contributed by atoms with Gasteiger partial charge in [-0.2, -0.15) is 0 Å². The number of anilines is 1. The lowest BCUT2D eigenvalue weighted by molar-refractivity contribution is 0.0773. The lowest BCUT2D eigenvalue weighted by Crippen LogP contribution is -2.45. The van der Waals surface area contributed by atoms with Gasteiger partial charge < -0.3 is 19.4 Å². The van der Waals surface area contributed by atoms with E-state index in [0.29, 0.717) is 6.04 Å². The number of methoxy groups -OCH3 is 1. The van der Waals surface area contributed by atoms with Gasteiger partial charge in [0.25, 0.3) is 5.91 Å². The summed E-state index contributed by atoms with van der Waals surface area (Å²) in [5, 5.41) is 0.